The van der Waals surface area contributed by atoms with Gasteiger partial charge in [0.15, 0.2) is 0 Å². The van der Waals surface area contributed by atoms with Gasteiger partial charge in [-0.3, -0.25) is 4.98 Å². The van der Waals surface area contributed by atoms with Gasteiger partial charge in [0.1, 0.15) is 11.1 Å². The van der Waals surface area contributed by atoms with Crippen molar-refractivity contribution >= 4 is 16.9 Å². The molecule has 0 N–H and O–H groups in total. The molecule has 0 amide bonds. The molecule has 5 heteroatoms. The van der Waals surface area contributed by atoms with Crippen LogP contribution in [0.5, 0.6) is 0 Å². The van der Waals surface area contributed by atoms with E-state index in [2.05, 4.69) is 4.98 Å². The predicted octanol–water partition coefficient (Wildman–Crippen LogP) is 2.59. The monoisotopic (exact) mass is 295 g/mol. The zero-order chi connectivity index (χ0) is 15.4. The van der Waals surface area contributed by atoms with E-state index in [-0.39, 0.29) is 12.2 Å². The highest BCUT2D eigenvalue weighted by molar-refractivity contribution is 5.92. The zero-order valence-electron chi connectivity index (χ0n) is 11.7. The average molecular weight is 295 g/mol. The molecule has 22 heavy (non-hydrogen) atoms. The van der Waals surface area contributed by atoms with E-state index in [1.807, 2.05) is 18.2 Å². The van der Waals surface area contributed by atoms with Gasteiger partial charge >= 0.3 is 11.6 Å². The molecule has 0 aliphatic heterocycles. The number of carbonyl (C=O) groups excluding carboxylic acids is 1. The molecule has 3 rings (SSSR count). The second kappa shape index (κ2) is 6.22. The molecule has 0 saturated carbocycles. The Labute approximate surface area is 126 Å². The van der Waals surface area contributed by atoms with Gasteiger partial charge < -0.3 is 9.15 Å². The fraction of sp³-hybridized carbons (Fsp3) is 0.118. The van der Waals surface area contributed by atoms with Gasteiger partial charge in [0, 0.05) is 23.7 Å². The molecular weight excluding hydrogens is 282 g/mol. The fourth-order valence-corrected chi connectivity index (χ4v) is 2.08. The summed E-state index contributed by atoms with van der Waals surface area (Å²) in [5, 5.41) is 0.679. The molecule has 0 bridgehead atoms. The number of pyridine rings is 1. The van der Waals surface area contributed by atoms with E-state index >= 15 is 0 Å². The Balaban J connectivity index is 1.72. The van der Waals surface area contributed by atoms with Crippen LogP contribution in [0.3, 0.4) is 0 Å². The lowest BCUT2D eigenvalue weighted by atomic mass is 10.2. The molecule has 2 heterocycles. The molecule has 0 atom stereocenters. The van der Waals surface area contributed by atoms with Crippen LogP contribution in [-0.2, 0) is 11.2 Å². The number of fused-ring (bicyclic) bond motifs is 1. The summed E-state index contributed by atoms with van der Waals surface area (Å²) in [5.41, 5.74) is 0.472. The third kappa shape index (κ3) is 3.03. The van der Waals surface area contributed by atoms with Crippen molar-refractivity contribution in [3.63, 3.8) is 0 Å². The Kier molecular flexibility index (Phi) is 3.96. The Morgan fingerprint density at radius 1 is 1.14 bits per heavy atom. The van der Waals surface area contributed by atoms with Crippen LogP contribution in [0.1, 0.15) is 16.1 Å². The molecule has 0 fully saturated rings. The summed E-state index contributed by atoms with van der Waals surface area (Å²) < 4.78 is 10.2. The summed E-state index contributed by atoms with van der Waals surface area (Å²) in [6, 6.07) is 14.0. The van der Waals surface area contributed by atoms with Gasteiger partial charge in [-0.2, -0.15) is 0 Å². The smallest absolute Gasteiger partial charge is 0.351 e. The van der Waals surface area contributed by atoms with Crippen LogP contribution in [0.25, 0.3) is 11.0 Å². The molecule has 5 nitrogen and oxygen atoms in total. The molecule has 0 spiro atoms. The molecule has 3 aromatic rings. The van der Waals surface area contributed by atoms with Gasteiger partial charge in [-0.25, -0.2) is 9.59 Å². The third-order valence-electron chi connectivity index (χ3n) is 3.18. The average Bonchev–Trinajstić information content (AvgIpc) is 2.55. The van der Waals surface area contributed by atoms with E-state index in [9.17, 15) is 9.59 Å². The van der Waals surface area contributed by atoms with Gasteiger partial charge in [-0.15, -0.1) is 0 Å². The molecule has 0 aliphatic carbocycles. The number of hydrogen-bond acceptors (Lipinski definition) is 5. The summed E-state index contributed by atoms with van der Waals surface area (Å²) in [4.78, 5) is 28.0. The van der Waals surface area contributed by atoms with Crippen molar-refractivity contribution in [3.05, 3.63) is 76.4 Å². The highest BCUT2D eigenvalue weighted by atomic mass is 16.5. The highest BCUT2D eigenvalue weighted by Gasteiger charge is 2.15. The largest absolute Gasteiger partial charge is 0.461 e. The van der Waals surface area contributed by atoms with Crippen molar-refractivity contribution in [1.29, 1.82) is 0 Å². The van der Waals surface area contributed by atoms with Gasteiger partial charge in [0.05, 0.1) is 6.61 Å². The maximum atomic E-state index is 12.0. The van der Waals surface area contributed by atoms with E-state index in [0.29, 0.717) is 17.4 Å². The Morgan fingerprint density at radius 3 is 2.77 bits per heavy atom. The van der Waals surface area contributed by atoms with Crippen LogP contribution in [0.4, 0.5) is 0 Å². The SMILES string of the molecule is O=C(OCCc1ccccn1)c1cc2ccccc2oc1=O. The number of aromatic nitrogens is 1. The Morgan fingerprint density at radius 2 is 1.95 bits per heavy atom. The minimum atomic E-state index is -0.693. The Bertz CT molecular complexity index is 855. The lowest BCUT2D eigenvalue weighted by Crippen LogP contribution is -2.17. The zero-order valence-corrected chi connectivity index (χ0v) is 11.7. The molecule has 1 aromatic carbocycles. The highest BCUT2D eigenvalue weighted by Crippen LogP contribution is 2.13. The van der Waals surface area contributed by atoms with E-state index in [4.69, 9.17) is 9.15 Å². The summed E-state index contributed by atoms with van der Waals surface area (Å²) in [7, 11) is 0. The molecule has 0 saturated heterocycles. The second-order valence-electron chi connectivity index (χ2n) is 4.69. The maximum Gasteiger partial charge on any atom is 0.351 e. The van der Waals surface area contributed by atoms with Gasteiger partial charge in [0.2, 0.25) is 0 Å². The number of nitrogens with zero attached hydrogens (tertiary/aromatic N) is 1. The number of rotatable bonds is 4. The number of benzene rings is 1. The molecule has 0 unspecified atom stereocenters. The van der Waals surface area contributed by atoms with Crippen molar-refractivity contribution in [1.82, 2.24) is 4.98 Å². The minimum Gasteiger partial charge on any atom is -0.461 e. The van der Waals surface area contributed by atoms with Crippen LogP contribution in [0.15, 0.2) is 63.9 Å². The van der Waals surface area contributed by atoms with Crippen LogP contribution in [-0.4, -0.2) is 17.6 Å². The van der Waals surface area contributed by atoms with E-state index in [1.165, 1.54) is 6.07 Å². The first-order chi connectivity index (χ1) is 10.7. The molecular formula is C17H13NO4. The van der Waals surface area contributed by atoms with E-state index < -0.39 is 11.6 Å². The van der Waals surface area contributed by atoms with Crippen molar-refractivity contribution in [2.45, 2.75) is 6.42 Å². The van der Waals surface area contributed by atoms with E-state index in [1.54, 1.807) is 30.5 Å². The van der Waals surface area contributed by atoms with Crippen LogP contribution in [0.2, 0.25) is 0 Å². The summed E-state index contributed by atoms with van der Waals surface area (Å²) in [6.07, 6.45) is 2.17. The fourth-order valence-electron chi connectivity index (χ4n) is 2.08. The van der Waals surface area contributed by atoms with Crippen LogP contribution >= 0.6 is 0 Å². The van der Waals surface area contributed by atoms with Crippen molar-refractivity contribution in [2.75, 3.05) is 6.61 Å². The minimum absolute atomic E-state index is 0.0975. The predicted molar refractivity (Wildman–Crippen MR) is 80.7 cm³/mol. The summed E-state index contributed by atoms with van der Waals surface area (Å²) >= 11 is 0. The third-order valence-corrected chi connectivity index (χ3v) is 3.18. The van der Waals surface area contributed by atoms with Crippen molar-refractivity contribution < 1.29 is 13.9 Å². The first kappa shape index (κ1) is 14.0. The standard InChI is InChI=1S/C17H13NO4/c19-16(21-10-8-13-6-3-4-9-18-13)14-11-12-5-1-2-7-15(12)22-17(14)20/h1-7,9,11H,8,10H2. The lowest BCUT2D eigenvalue weighted by Gasteiger charge is -2.04. The van der Waals surface area contributed by atoms with Gasteiger partial charge in [-0.05, 0) is 24.3 Å². The number of hydrogen-bond donors (Lipinski definition) is 0. The summed E-state index contributed by atoms with van der Waals surface area (Å²) in [6.45, 7) is 0.155. The first-order valence-electron chi connectivity index (χ1n) is 6.84. The van der Waals surface area contributed by atoms with Gasteiger partial charge in [0.25, 0.3) is 0 Å². The summed E-state index contributed by atoms with van der Waals surface area (Å²) in [5.74, 6) is -0.685. The first-order valence-corrected chi connectivity index (χ1v) is 6.84. The quantitative estimate of drug-likeness (QED) is 0.546. The molecule has 0 radical (unpaired) electrons. The maximum absolute atomic E-state index is 12.0. The van der Waals surface area contributed by atoms with Crippen molar-refractivity contribution in [2.24, 2.45) is 0 Å². The second-order valence-corrected chi connectivity index (χ2v) is 4.69. The Hall–Kier alpha value is -2.95. The van der Waals surface area contributed by atoms with Crippen molar-refractivity contribution in [3.8, 4) is 0 Å². The normalized spacial score (nSPS) is 10.5. The van der Waals surface area contributed by atoms with E-state index in [0.717, 1.165) is 5.69 Å². The number of esters is 1. The number of para-hydroxylation sites is 1. The topological polar surface area (TPSA) is 69.4 Å². The number of carbonyl (C=O) groups is 1. The molecule has 2 aromatic heterocycles. The lowest BCUT2D eigenvalue weighted by molar-refractivity contribution is 0.0504. The molecule has 110 valence electrons. The van der Waals surface area contributed by atoms with Gasteiger partial charge in [-0.1, -0.05) is 24.3 Å². The van der Waals surface area contributed by atoms with Crippen LogP contribution < -0.4 is 5.63 Å². The number of ether oxygens (including phenoxy) is 1. The molecule has 0 aliphatic rings. The van der Waals surface area contributed by atoms with Crippen LogP contribution in [0, 0.1) is 0 Å².